The fourth-order valence-corrected chi connectivity index (χ4v) is 2.90. The number of aliphatic hydroxyl groups is 1. The van der Waals surface area contributed by atoms with Crippen molar-refractivity contribution in [1.29, 1.82) is 0 Å². The number of pyridine rings is 1. The number of benzene rings is 1. The molecule has 0 aliphatic carbocycles. The Balaban J connectivity index is 2.21. The molecule has 116 valence electrons. The van der Waals surface area contributed by atoms with E-state index in [9.17, 15) is 5.11 Å². The van der Waals surface area contributed by atoms with Gasteiger partial charge < -0.3 is 9.67 Å². The minimum atomic E-state index is 0.190. The maximum atomic E-state index is 9.44. The zero-order valence-electron chi connectivity index (χ0n) is 13.3. The topological polar surface area (TPSA) is 50.9 Å². The minimum absolute atomic E-state index is 0.190. The summed E-state index contributed by atoms with van der Waals surface area (Å²) in [6, 6.07) is 8.20. The number of rotatable bonds is 6. The van der Waals surface area contributed by atoms with Crippen molar-refractivity contribution in [2.75, 3.05) is 6.61 Å². The zero-order valence-corrected chi connectivity index (χ0v) is 13.3. The number of aryl methyl sites for hydroxylation is 1. The molecule has 1 atom stereocenters. The number of hydrogen-bond donors (Lipinski definition) is 1. The van der Waals surface area contributed by atoms with Crippen molar-refractivity contribution < 1.29 is 5.11 Å². The van der Waals surface area contributed by atoms with E-state index in [-0.39, 0.29) is 12.5 Å². The highest BCUT2D eigenvalue weighted by Gasteiger charge is 2.15. The van der Waals surface area contributed by atoms with Gasteiger partial charge >= 0.3 is 0 Å². The molecule has 0 spiro atoms. The van der Waals surface area contributed by atoms with Crippen molar-refractivity contribution in [3.05, 3.63) is 36.3 Å². The summed E-state index contributed by atoms with van der Waals surface area (Å²) in [6.45, 7) is 5.25. The third-order valence-corrected chi connectivity index (χ3v) is 4.12. The second-order valence-electron chi connectivity index (χ2n) is 6.04. The Morgan fingerprint density at radius 2 is 2.05 bits per heavy atom. The molecule has 22 heavy (non-hydrogen) atoms. The van der Waals surface area contributed by atoms with Crippen LogP contribution in [0.1, 0.15) is 32.5 Å². The lowest BCUT2D eigenvalue weighted by Gasteiger charge is -2.14. The quantitative estimate of drug-likeness (QED) is 0.757. The van der Waals surface area contributed by atoms with Crippen LogP contribution in [0.4, 0.5) is 0 Å². The molecule has 2 heterocycles. The van der Waals surface area contributed by atoms with E-state index >= 15 is 0 Å². The first-order chi connectivity index (χ1) is 10.7. The molecule has 0 fully saturated rings. The lowest BCUT2D eigenvalue weighted by atomic mass is 10.1. The van der Waals surface area contributed by atoms with Gasteiger partial charge in [-0.25, -0.2) is 4.98 Å². The first kappa shape index (κ1) is 15.0. The van der Waals surface area contributed by atoms with Crippen LogP contribution < -0.4 is 0 Å². The first-order valence-corrected chi connectivity index (χ1v) is 8.08. The summed E-state index contributed by atoms with van der Waals surface area (Å²) in [5, 5.41) is 10.6. The average molecular weight is 297 g/mol. The fraction of sp³-hybridized carbons (Fsp3) is 0.444. The molecule has 1 N–H and O–H groups in total. The van der Waals surface area contributed by atoms with Crippen LogP contribution in [0.3, 0.4) is 0 Å². The van der Waals surface area contributed by atoms with Gasteiger partial charge in [0, 0.05) is 25.0 Å². The Morgan fingerprint density at radius 1 is 1.23 bits per heavy atom. The Morgan fingerprint density at radius 3 is 2.82 bits per heavy atom. The Bertz CT molecular complexity index is 778. The van der Waals surface area contributed by atoms with E-state index in [4.69, 9.17) is 4.98 Å². The number of nitrogens with zero attached hydrogens (tertiary/aromatic N) is 3. The number of aromatic nitrogens is 3. The van der Waals surface area contributed by atoms with Gasteiger partial charge in [-0.1, -0.05) is 38.5 Å². The van der Waals surface area contributed by atoms with E-state index in [1.807, 2.05) is 24.4 Å². The predicted molar refractivity (Wildman–Crippen MR) is 89.9 cm³/mol. The second kappa shape index (κ2) is 6.44. The van der Waals surface area contributed by atoms with Crippen LogP contribution >= 0.6 is 0 Å². The number of para-hydroxylation sites is 1. The van der Waals surface area contributed by atoms with Gasteiger partial charge in [-0.15, -0.1) is 0 Å². The Hall–Kier alpha value is -1.94. The van der Waals surface area contributed by atoms with Crippen molar-refractivity contribution >= 4 is 21.9 Å². The summed E-state index contributed by atoms with van der Waals surface area (Å²) in [5.74, 6) is 1.32. The van der Waals surface area contributed by atoms with Crippen LogP contribution in [-0.4, -0.2) is 26.2 Å². The van der Waals surface area contributed by atoms with E-state index in [2.05, 4.69) is 29.5 Å². The molecule has 0 aliphatic heterocycles. The Kier molecular flexibility index (Phi) is 4.39. The van der Waals surface area contributed by atoms with Crippen LogP contribution in [0.25, 0.3) is 21.9 Å². The molecule has 0 bridgehead atoms. The van der Waals surface area contributed by atoms with Crippen molar-refractivity contribution in [2.45, 2.75) is 39.7 Å². The van der Waals surface area contributed by atoms with Gasteiger partial charge in [-0.05, 0) is 18.4 Å². The smallest absolute Gasteiger partial charge is 0.109 e. The molecule has 1 aromatic carbocycles. The number of fused-ring (bicyclic) bond motifs is 3. The molecule has 3 rings (SSSR count). The third-order valence-electron chi connectivity index (χ3n) is 4.12. The van der Waals surface area contributed by atoms with Gasteiger partial charge in [0.15, 0.2) is 0 Å². The molecular formula is C18H23N3O. The molecule has 0 aliphatic rings. The van der Waals surface area contributed by atoms with Gasteiger partial charge in [-0.3, -0.25) is 4.98 Å². The lowest BCUT2D eigenvalue weighted by Crippen LogP contribution is -2.14. The highest BCUT2D eigenvalue weighted by molar-refractivity contribution is 6.02. The van der Waals surface area contributed by atoms with E-state index in [1.165, 1.54) is 0 Å². The number of aliphatic hydroxyl groups excluding tert-OH is 1. The SMILES string of the molecule is CCCCc1nc2cnc3ccccc3c2n1CC(C)CO. The molecule has 4 heteroatoms. The van der Waals surface area contributed by atoms with Crippen molar-refractivity contribution in [3.63, 3.8) is 0 Å². The summed E-state index contributed by atoms with van der Waals surface area (Å²) < 4.78 is 2.29. The molecule has 3 aromatic rings. The molecule has 0 saturated heterocycles. The molecule has 0 saturated carbocycles. The summed E-state index contributed by atoms with van der Waals surface area (Å²) in [5.41, 5.74) is 3.10. The molecular weight excluding hydrogens is 274 g/mol. The van der Waals surface area contributed by atoms with E-state index in [0.29, 0.717) is 0 Å². The Labute approximate surface area is 130 Å². The molecule has 1 unspecified atom stereocenters. The number of imidazole rings is 1. The van der Waals surface area contributed by atoms with Crippen LogP contribution in [-0.2, 0) is 13.0 Å². The highest BCUT2D eigenvalue weighted by Crippen LogP contribution is 2.26. The van der Waals surface area contributed by atoms with Crippen molar-refractivity contribution in [2.24, 2.45) is 5.92 Å². The minimum Gasteiger partial charge on any atom is -0.396 e. The largest absolute Gasteiger partial charge is 0.396 e. The number of hydrogen-bond acceptors (Lipinski definition) is 3. The van der Waals surface area contributed by atoms with Crippen molar-refractivity contribution in [3.8, 4) is 0 Å². The van der Waals surface area contributed by atoms with Crippen LogP contribution in [0, 0.1) is 5.92 Å². The van der Waals surface area contributed by atoms with Crippen molar-refractivity contribution in [1.82, 2.24) is 14.5 Å². The standard InChI is InChI=1S/C18H23N3O/c1-3-4-9-17-20-16-10-19-15-8-6-5-7-14(15)18(16)21(17)11-13(2)12-22/h5-8,10,13,22H,3-4,9,11-12H2,1-2H3. The van der Waals surface area contributed by atoms with Gasteiger partial charge in [-0.2, -0.15) is 0 Å². The maximum Gasteiger partial charge on any atom is 0.109 e. The lowest BCUT2D eigenvalue weighted by molar-refractivity contribution is 0.223. The van der Waals surface area contributed by atoms with Gasteiger partial charge in [0.05, 0.1) is 17.2 Å². The molecule has 0 amide bonds. The molecule has 4 nitrogen and oxygen atoms in total. The van der Waals surface area contributed by atoms with Crippen LogP contribution in [0.2, 0.25) is 0 Å². The van der Waals surface area contributed by atoms with E-state index in [1.54, 1.807) is 0 Å². The summed E-state index contributed by atoms with van der Waals surface area (Å²) >= 11 is 0. The monoisotopic (exact) mass is 297 g/mol. The highest BCUT2D eigenvalue weighted by atomic mass is 16.3. The van der Waals surface area contributed by atoms with Gasteiger partial charge in [0.2, 0.25) is 0 Å². The number of unbranched alkanes of at least 4 members (excludes halogenated alkanes) is 1. The van der Waals surface area contributed by atoms with Crippen LogP contribution in [0.5, 0.6) is 0 Å². The predicted octanol–water partition coefficient (Wildman–Crippen LogP) is 3.56. The zero-order chi connectivity index (χ0) is 15.5. The summed E-state index contributed by atoms with van der Waals surface area (Å²) in [7, 11) is 0. The first-order valence-electron chi connectivity index (χ1n) is 8.08. The third kappa shape index (κ3) is 2.71. The second-order valence-corrected chi connectivity index (χ2v) is 6.04. The summed E-state index contributed by atoms with van der Waals surface area (Å²) in [6.07, 6.45) is 5.12. The van der Waals surface area contributed by atoms with E-state index in [0.717, 1.165) is 53.6 Å². The van der Waals surface area contributed by atoms with E-state index < -0.39 is 0 Å². The average Bonchev–Trinajstić information content (AvgIpc) is 2.90. The van der Waals surface area contributed by atoms with Gasteiger partial charge in [0.25, 0.3) is 0 Å². The summed E-state index contributed by atoms with van der Waals surface area (Å²) in [4.78, 5) is 9.32. The normalized spacial score (nSPS) is 13.0. The van der Waals surface area contributed by atoms with Gasteiger partial charge in [0.1, 0.15) is 11.3 Å². The maximum absolute atomic E-state index is 9.44. The van der Waals surface area contributed by atoms with Crippen LogP contribution in [0.15, 0.2) is 30.5 Å². The molecule has 0 radical (unpaired) electrons. The fourth-order valence-electron chi connectivity index (χ4n) is 2.90. The molecule has 2 aromatic heterocycles.